The van der Waals surface area contributed by atoms with Gasteiger partial charge in [0.15, 0.2) is 0 Å². The molecule has 0 aromatic carbocycles. The van der Waals surface area contributed by atoms with Gasteiger partial charge < -0.3 is 14.6 Å². The molecule has 0 saturated carbocycles. The lowest BCUT2D eigenvalue weighted by molar-refractivity contribution is 0.161. The van der Waals surface area contributed by atoms with E-state index in [1.165, 1.54) is 7.05 Å². The molecular weight excluding hydrogens is 194 g/mol. The van der Waals surface area contributed by atoms with Gasteiger partial charge in [-0.25, -0.2) is 9.78 Å². The van der Waals surface area contributed by atoms with Crippen molar-refractivity contribution in [1.29, 1.82) is 0 Å². The van der Waals surface area contributed by atoms with Gasteiger partial charge in [0.25, 0.3) is 0 Å². The first-order chi connectivity index (χ1) is 7.11. The van der Waals surface area contributed by atoms with Crippen molar-refractivity contribution in [3.8, 4) is 11.8 Å². The summed E-state index contributed by atoms with van der Waals surface area (Å²) in [7, 11) is 1.49. The minimum atomic E-state index is -0.969. The molecule has 5 heteroatoms. The third kappa shape index (κ3) is 3.35. The van der Waals surface area contributed by atoms with Crippen molar-refractivity contribution in [2.24, 2.45) is 0 Å². The van der Waals surface area contributed by atoms with Crippen LogP contribution in [-0.4, -0.2) is 39.2 Å². The minimum Gasteiger partial charge on any atom is -0.465 e. The molecule has 1 N–H and O–H groups in total. The van der Waals surface area contributed by atoms with E-state index >= 15 is 0 Å². The van der Waals surface area contributed by atoms with Gasteiger partial charge in [-0.3, -0.25) is 0 Å². The van der Waals surface area contributed by atoms with Gasteiger partial charge >= 0.3 is 6.09 Å². The Morgan fingerprint density at radius 3 is 2.93 bits per heavy atom. The molecule has 1 amide bonds. The first-order valence-electron chi connectivity index (χ1n) is 4.47. The Morgan fingerprint density at radius 1 is 1.67 bits per heavy atom. The van der Waals surface area contributed by atoms with Gasteiger partial charge in [-0.2, -0.15) is 0 Å². The highest BCUT2D eigenvalue weighted by molar-refractivity contribution is 5.64. The van der Waals surface area contributed by atoms with Gasteiger partial charge in [-0.05, 0) is 6.92 Å². The lowest BCUT2D eigenvalue weighted by Crippen LogP contribution is -2.24. The molecule has 0 aliphatic rings. The van der Waals surface area contributed by atoms with E-state index in [1.807, 2.05) is 11.5 Å². The maximum absolute atomic E-state index is 10.4. The molecular formula is C10H13N3O2. The van der Waals surface area contributed by atoms with E-state index < -0.39 is 6.09 Å². The van der Waals surface area contributed by atoms with Crippen LogP contribution in [0, 0.1) is 18.8 Å². The number of rotatable bonds is 2. The highest BCUT2D eigenvalue weighted by Crippen LogP contribution is 1.94. The fourth-order valence-electron chi connectivity index (χ4n) is 0.936. The maximum atomic E-state index is 10.4. The lowest BCUT2D eigenvalue weighted by Gasteiger charge is -2.06. The summed E-state index contributed by atoms with van der Waals surface area (Å²) in [4.78, 5) is 15.5. The number of carboxylic acid groups (broad SMARTS) is 1. The van der Waals surface area contributed by atoms with Crippen molar-refractivity contribution in [3.05, 3.63) is 18.2 Å². The van der Waals surface area contributed by atoms with Crippen LogP contribution in [0.3, 0.4) is 0 Å². The summed E-state index contributed by atoms with van der Waals surface area (Å²) in [5.41, 5.74) is 1.04. The first kappa shape index (κ1) is 11.1. The zero-order valence-corrected chi connectivity index (χ0v) is 8.77. The number of aromatic nitrogens is 2. The second-order valence-electron chi connectivity index (χ2n) is 3.16. The number of nitrogens with zero attached hydrogens (tertiary/aromatic N) is 3. The molecule has 15 heavy (non-hydrogen) atoms. The second-order valence-corrected chi connectivity index (χ2v) is 3.16. The molecule has 80 valence electrons. The average molecular weight is 207 g/mol. The predicted octanol–water partition coefficient (Wildman–Crippen LogP) is 0.805. The van der Waals surface area contributed by atoms with Gasteiger partial charge in [0.1, 0.15) is 0 Å². The Kier molecular flexibility index (Phi) is 3.75. The van der Waals surface area contributed by atoms with E-state index in [9.17, 15) is 4.79 Å². The van der Waals surface area contributed by atoms with Gasteiger partial charge in [0.05, 0.1) is 19.4 Å². The molecule has 0 aliphatic heterocycles. The van der Waals surface area contributed by atoms with E-state index in [2.05, 4.69) is 16.8 Å². The molecule has 1 aromatic rings. The number of carbonyl (C=O) groups is 1. The normalized spacial score (nSPS) is 9.20. The van der Waals surface area contributed by atoms with Crippen LogP contribution in [0.2, 0.25) is 0 Å². The van der Waals surface area contributed by atoms with Gasteiger partial charge in [0.2, 0.25) is 0 Å². The van der Waals surface area contributed by atoms with Crippen molar-refractivity contribution in [1.82, 2.24) is 14.5 Å². The van der Waals surface area contributed by atoms with Crippen LogP contribution < -0.4 is 0 Å². The zero-order valence-electron chi connectivity index (χ0n) is 8.77. The van der Waals surface area contributed by atoms with E-state index in [4.69, 9.17) is 5.11 Å². The third-order valence-corrected chi connectivity index (χ3v) is 1.94. The molecule has 1 rings (SSSR count). The Bertz CT molecular complexity index is 400. The highest BCUT2D eigenvalue weighted by atomic mass is 16.4. The number of hydrogen-bond acceptors (Lipinski definition) is 2. The van der Waals surface area contributed by atoms with Crippen molar-refractivity contribution < 1.29 is 9.90 Å². The standard InChI is InChI=1S/C10H13N3O2/c1-9-7-11-8-13(9)6-4-3-5-12(2)10(14)15/h7-8H,5-6H2,1-2H3,(H,14,15). The molecule has 0 unspecified atom stereocenters. The number of aryl methyl sites for hydroxylation is 1. The van der Waals surface area contributed by atoms with Crippen molar-refractivity contribution in [2.75, 3.05) is 13.6 Å². The Hall–Kier alpha value is -1.96. The molecule has 1 heterocycles. The average Bonchev–Trinajstić information content (AvgIpc) is 2.58. The SMILES string of the molecule is Cc1cncn1CC#CCN(C)C(=O)O. The Balaban J connectivity index is 2.41. The summed E-state index contributed by atoms with van der Waals surface area (Å²) in [6.07, 6.45) is 2.49. The van der Waals surface area contributed by atoms with Crippen LogP contribution in [-0.2, 0) is 6.54 Å². The van der Waals surface area contributed by atoms with Crippen LogP contribution in [0.25, 0.3) is 0 Å². The third-order valence-electron chi connectivity index (χ3n) is 1.94. The molecule has 0 fully saturated rings. The molecule has 0 bridgehead atoms. The Morgan fingerprint density at radius 2 is 2.40 bits per heavy atom. The van der Waals surface area contributed by atoms with Crippen LogP contribution >= 0.6 is 0 Å². The van der Waals surface area contributed by atoms with Gasteiger partial charge in [-0.15, -0.1) is 0 Å². The minimum absolute atomic E-state index is 0.225. The monoisotopic (exact) mass is 207 g/mol. The van der Waals surface area contributed by atoms with Gasteiger partial charge in [0, 0.05) is 18.9 Å². The summed E-state index contributed by atoms with van der Waals surface area (Å²) in [6.45, 7) is 2.71. The van der Waals surface area contributed by atoms with Crippen LogP contribution in [0.4, 0.5) is 4.79 Å². The number of hydrogen-bond donors (Lipinski definition) is 1. The molecule has 5 nitrogen and oxygen atoms in total. The highest BCUT2D eigenvalue weighted by Gasteiger charge is 2.00. The van der Waals surface area contributed by atoms with Crippen molar-refractivity contribution in [3.63, 3.8) is 0 Å². The molecule has 0 saturated heterocycles. The topological polar surface area (TPSA) is 58.4 Å². The molecule has 0 atom stereocenters. The van der Waals surface area contributed by atoms with Crippen molar-refractivity contribution >= 4 is 6.09 Å². The fraction of sp³-hybridized carbons (Fsp3) is 0.400. The maximum Gasteiger partial charge on any atom is 0.407 e. The summed E-state index contributed by atoms with van der Waals surface area (Å²) < 4.78 is 1.90. The van der Waals surface area contributed by atoms with Gasteiger partial charge in [-0.1, -0.05) is 11.8 Å². The second kappa shape index (κ2) is 5.05. The molecule has 0 radical (unpaired) electrons. The largest absolute Gasteiger partial charge is 0.465 e. The molecule has 0 aliphatic carbocycles. The van der Waals surface area contributed by atoms with Crippen LogP contribution in [0.15, 0.2) is 12.5 Å². The van der Waals surface area contributed by atoms with E-state index in [0.717, 1.165) is 10.6 Å². The van der Waals surface area contributed by atoms with Crippen LogP contribution in [0.5, 0.6) is 0 Å². The zero-order chi connectivity index (χ0) is 11.3. The number of amides is 1. The summed E-state index contributed by atoms with van der Waals surface area (Å²) in [6, 6.07) is 0. The smallest absolute Gasteiger partial charge is 0.407 e. The molecule has 1 aromatic heterocycles. The van der Waals surface area contributed by atoms with E-state index in [1.54, 1.807) is 12.5 Å². The van der Waals surface area contributed by atoms with E-state index in [0.29, 0.717) is 6.54 Å². The fourth-order valence-corrected chi connectivity index (χ4v) is 0.936. The summed E-state index contributed by atoms with van der Waals surface area (Å²) in [5.74, 6) is 5.66. The Labute approximate surface area is 88.3 Å². The quantitative estimate of drug-likeness (QED) is 0.730. The predicted molar refractivity (Wildman–Crippen MR) is 55.4 cm³/mol. The number of imidazole rings is 1. The first-order valence-corrected chi connectivity index (χ1v) is 4.47. The van der Waals surface area contributed by atoms with E-state index in [-0.39, 0.29) is 6.54 Å². The summed E-state index contributed by atoms with van der Waals surface area (Å²) >= 11 is 0. The van der Waals surface area contributed by atoms with Crippen molar-refractivity contribution in [2.45, 2.75) is 13.5 Å². The molecule has 0 spiro atoms. The lowest BCUT2D eigenvalue weighted by atomic mass is 10.5. The van der Waals surface area contributed by atoms with Crippen LogP contribution in [0.1, 0.15) is 5.69 Å². The summed E-state index contributed by atoms with van der Waals surface area (Å²) in [5, 5.41) is 8.55.